The van der Waals surface area contributed by atoms with E-state index >= 15 is 0 Å². The molecule has 0 spiro atoms. The van der Waals surface area contributed by atoms with Crippen LogP contribution < -0.4 is 10.6 Å². The van der Waals surface area contributed by atoms with E-state index in [-0.39, 0.29) is 23.6 Å². The van der Waals surface area contributed by atoms with Gasteiger partial charge in [-0.3, -0.25) is 19.6 Å². The highest BCUT2D eigenvalue weighted by Gasteiger charge is 2.26. The average molecular weight is 483 g/mol. The molecule has 8 heteroatoms. The molecule has 184 valence electrons. The molecule has 2 aliphatic rings. The molecule has 1 saturated heterocycles. The third-order valence-electron chi connectivity index (χ3n) is 5.97. The second-order valence-electron chi connectivity index (χ2n) is 8.54. The normalized spacial score (nSPS) is 16.5. The van der Waals surface area contributed by atoms with Crippen LogP contribution in [0.2, 0.25) is 0 Å². The zero-order valence-electron chi connectivity index (χ0n) is 20.1. The third-order valence-corrected chi connectivity index (χ3v) is 5.97. The first-order chi connectivity index (χ1) is 17.6. The number of aliphatic imine (C=N–C) groups is 2. The predicted molar refractivity (Wildman–Crippen MR) is 144 cm³/mol. The Morgan fingerprint density at radius 3 is 2.58 bits per heavy atom. The molecule has 2 heterocycles. The van der Waals surface area contributed by atoms with Crippen LogP contribution in [0, 0.1) is 0 Å². The van der Waals surface area contributed by atoms with Crippen molar-refractivity contribution in [1.29, 1.82) is 0 Å². The van der Waals surface area contributed by atoms with Crippen molar-refractivity contribution in [3.8, 4) is 0 Å². The number of amides is 2. The molecule has 0 bridgehead atoms. The van der Waals surface area contributed by atoms with Gasteiger partial charge in [0.05, 0.1) is 5.69 Å². The zero-order valence-corrected chi connectivity index (χ0v) is 20.1. The standard InChI is InChI=1S/C28H30N6O2/c1-29-25(15-18-30-21-9-4-2-5-10-21)28(36)34-19-16-23(17-20-34)32-27(35)24-13-8-14-26(33-24)31-22-11-6-3-7-12-22/h2,4-6,8-15,18,23H,1,3,7,16-17,19-20H2,(H,31,33)(H,32,35)/b25-15-,30-18?. The van der Waals surface area contributed by atoms with Gasteiger partial charge in [0, 0.05) is 31.0 Å². The van der Waals surface area contributed by atoms with Gasteiger partial charge in [0.15, 0.2) is 0 Å². The number of pyridine rings is 1. The number of aromatic nitrogens is 1. The number of allylic oxidation sites excluding steroid dienone is 4. The smallest absolute Gasteiger partial charge is 0.272 e. The summed E-state index contributed by atoms with van der Waals surface area (Å²) in [5.74, 6) is 0.218. The molecule has 2 aromatic rings. The van der Waals surface area contributed by atoms with Crippen LogP contribution in [0.5, 0.6) is 0 Å². The van der Waals surface area contributed by atoms with Crippen molar-refractivity contribution >= 4 is 36.3 Å². The van der Waals surface area contributed by atoms with Crippen LogP contribution in [0.15, 0.2) is 94.2 Å². The molecule has 1 fully saturated rings. The SMILES string of the molecule is C=N/C(=C\C=Nc1ccccc1)C(=O)N1CCC(NC(=O)c2cccc(NC3=CCCC=C3)n2)CC1. The van der Waals surface area contributed by atoms with Gasteiger partial charge in [-0.05, 0) is 68.8 Å². The van der Waals surface area contributed by atoms with Crippen molar-refractivity contribution in [2.45, 2.75) is 31.7 Å². The van der Waals surface area contributed by atoms with Crippen LogP contribution in [0.3, 0.4) is 0 Å². The van der Waals surface area contributed by atoms with Gasteiger partial charge in [-0.2, -0.15) is 0 Å². The van der Waals surface area contributed by atoms with Crippen molar-refractivity contribution in [3.05, 3.63) is 89.9 Å². The quantitative estimate of drug-likeness (QED) is 0.429. The number of anilines is 1. The Labute approximate surface area is 211 Å². The van der Waals surface area contributed by atoms with E-state index in [2.05, 4.69) is 44.5 Å². The topological polar surface area (TPSA) is 99.0 Å². The number of para-hydroxylation sites is 1. The molecule has 8 nitrogen and oxygen atoms in total. The minimum Gasteiger partial charge on any atom is -0.348 e. The predicted octanol–water partition coefficient (Wildman–Crippen LogP) is 4.44. The molecule has 0 atom stereocenters. The lowest BCUT2D eigenvalue weighted by atomic mass is 10.0. The Morgan fingerprint density at radius 1 is 1.06 bits per heavy atom. The maximum atomic E-state index is 12.9. The molecule has 0 radical (unpaired) electrons. The number of hydrogen-bond donors (Lipinski definition) is 2. The average Bonchev–Trinajstić information content (AvgIpc) is 2.92. The molecule has 0 saturated carbocycles. The van der Waals surface area contributed by atoms with Crippen LogP contribution in [-0.2, 0) is 4.79 Å². The fourth-order valence-electron chi connectivity index (χ4n) is 4.03. The molecule has 2 N–H and O–H groups in total. The summed E-state index contributed by atoms with van der Waals surface area (Å²) >= 11 is 0. The largest absolute Gasteiger partial charge is 0.348 e. The molecule has 2 amide bonds. The monoisotopic (exact) mass is 482 g/mol. The van der Waals surface area contributed by atoms with Gasteiger partial charge in [0.25, 0.3) is 11.8 Å². The lowest BCUT2D eigenvalue weighted by molar-refractivity contribution is -0.128. The highest BCUT2D eigenvalue weighted by molar-refractivity contribution is 5.98. The van der Waals surface area contributed by atoms with Gasteiger partial charge in [0.2, 0.25) is 0 Å². The molecule has 4 rings (SSSR count). The number of hydrogen-bond acceptors (Lipinski definition) is 6. The van der Waals surface area contributed by atoms with E-state index in [1.54, 1.807) is 23.3 Å². The van der Waals surface area contributed by atoms with E-state index in [9.17, 15) is 9.59 Å². The lowest BCUT2D eigenvalue weighted by Crippen LogP contribution is -2.47. The Hall–Kier alpha value is -4.33. The number of benzene rings is 1. The number of piperidine rings is 1. The Bertz CT molecular complexity index is 1210. The summed E-state index contributed by atoms with van der Waals surface area (Å²) in [6, 6.07) is 14.8. The maximum absolute atomic E-state index is 12.9. The molecular weight excluding hydrogens is 452 g/mol. The first kappa shape index (κ1) is 24.8. The minimum absolute atomic E-state index is 0.0345. The summed E-state index contributed by atoms with van der Waals surface area (Å²) < 4.78 is 0. The van der Waals surface area contributed by atoms with Crippen molar-refractivity contribution in [2.75, 3.05) is 18.4 Å². The van der Waals surface area contributed by atoms with Crippen molar-refractivity contribution in [1.82, 2.24) is 15.2 Å². The second-order valence-corrected chi connectivity index (χ2v) is 8.54. The summed E-state index contributed by atoms with van der Waals surface area (Å²) in [6.45, 7) is 4.56. The van der Waals surface area contributed by atoms with Gasteiger partial charge in [-0.1, -0.05) is 36.4 Å². The highest BCUT2D eigenvalue weighted by atomic mass is 16.2. The fourth-order valence-corrected chi connectivity index (χ4v) is 4.03. The summed E-state index contributed by atoms with van der Waals surface area (Å²) in [5.41, 5.74) is 2.38. The van der Waals surface area contributed by atoms with Gasteiger partial charge in [-0.15, -0.1) is 0 Å². The number of rotatable bonds is 8. The molecular formula is C28H30N6O2. The van der Waals surface area contributed by atoms with Crippen molar-refractivity contribution < 1.29 is 9.59 Å². The van der Waals surface area contributed by atoms with Gasteiger partial charge < -0.3 is 15.5 Å². The molecule has 36 heavy (non-hydrogen) atoms. The van der Waals surface area contributed by atoms with E-state index in [0.29, 0.717) is 37.4 Å². The number of carbonyl (C=O) groups excluding carboxylic acids is 2. The summed E-state index contributed by atoms with van der Waals surface area (Å²) in [5, 5.41) is 6.30. The van der Waals surface area contributed by atoms with E-state index in [1.165, 1.54) is 0 Å². The van der Waals surface area contributed by atoms with E-state index in [0.717, 1.165) is 24.2 Å². The first-order valence-corrected chi connectivity index (χ1v) is 12.1. The molecule has 0 unspecified atom stereocenters. The van der Waals surface area contributed by atoms with Crippen molar-refractivity contribution in [2.24, 2.45) is 9.98 Å². The summed E-state index contributed by atoms with van der Waals surface area (Å²) in [4.78, 5) is 40.1. The highest BCUT2D eigenvalue weighted by Crippen LogP contribution is 2.16. The number of likely N-dealkylation sites (tertiary alicyclic amines) is 1. The number of carbonyl (C=O) groups is 2. The van der Waals surface area contributed by atoms with E-state index in [1.807, 2.05) is 48.5 Å². The number of nitrogens with zero attached hydrogens (tertiary/aromatic N) is 4. The first-order valence-electron chi connectivity index (χ1n) is 12.1. The summed E-state index contributed by atoms with van der Waals surface area (Å²) in [6.07, 6.45) is 12.7. The van der Waals surface area contributed by atoms with Crippen LogP contribution in [0.1, 0.15) is 36.2 Å². The summed E-state index contributed by atoms with van der Waals surface area (Å²) in [7, 11) is 0. The van der Waals surface area contributed by atoms with Crippen LogP contribution in [0.4, 0.5) is 11.5 Å². The van der Waals surface area contributed by atoms with Gasteiger partial charge in [0.1, 0.15) is 17.2 Å². The Balaban J connectivity index is 1.28. The van der Waals surface area contributed by atoms with Crippen molar-refractivity contribution in [3.63, 3.8) is 0 Å². The minimum atomic E-state index is -0.220. The van der Waals surface area contributed by atoms with Gasteiger partial charge >= 0.3 is 0 Å². The third kappa shape index (κ3) is 6.85. The molecule has 1 aromatic heterocycles. The van der Waals surface area contributed by atoms with Gasteiger partial charge in [-0.25, -0.2) is 4.98 Å². The second kappa shape index (κ2) is 12.4. The number of nitrogens with one attached hydrogen (secondary N) is 2. The van der Waals surface area contributed by atoms with E-state index < -0.39 is 0 Å². The zero-order chi connectivity index (χ0) is 25.2. The molecule has 1 aromatic carbocycles. The fraction of sp³-hybridized carbons (Fsp3) is 0.250. The Kier molecular flexibility index (Phi) is 8.53. The molecule has 1 aliphatic heterocycles. The van der Waals surface area contributed by atoms with E-state index in [4.69, 9.17) is 0 Å². The molecule has 1 aliphatic carbocycles. The van der Waals surface area contributed by atoms with Crippen LogP contribution in [0.25, 0.3) is 0 Å². The lowest BCUT2D eigenvalue weighted by Gasteiger charge is -2.32. The maximum Gasteiger partial charge on any atom is 0.272 e. The van der Waals surface area contributed by atoms with Crippen LogP contribution >= 0.6 is 0 Å². The van der Waals surface area contributed by atoms with Crippen LogP contribution in [-0.4, -0.2) is 53.8 Å². The Morgan fingerprint density at radius 2 is 1.86 bits per heavy atom.